The van der Waals surface area contributed by atoms with E-state index in [1.165, 1.54) is 5.56 Å². The number of hydrogen-bond donors (Lipinski definition) is 1. The molecule has 0 bridgehead atoms. The van der Waals surface area contributed by atoms with Gasteiger partial charge in [0.25, 0.3) is 0 Å². The summed E-state index contributed by atoms with van der Waals surface area (Å²) in [5.41, 5.74) is 3.54. The molecule has 0 fully saturated rings. The Labute approximate surface area is 109 Å². The van der Waals surface area contributed by atoms with Gasteiger partial charge in [-0.1, -0.05) is 17.7 Å². The molecule has 1 aromatic heterocycles. The molecule has 0 radical (unpaired) electrons. The SMILES string of the molecule is Cc1ccc(-n2ccc(CNC(C)(C)C)n2)cc1. The Kier molecular flexibility index (Phi) is 3.53. The fraction of sp³-hybridized carbons (Fsp3) is 0.400. The molecule has 2 aromatic rings. The summed E-state index contributed by atoms with van der Waals surface area (Å²) in [6.07, 6.45) is 2.00. The van der Waals surface area contributed by atoms with Crippen molar-refractivity contribution in [3.8, 4) is 5.69 Å². The molecule has 0 aliphatic carbocycles. The van der Waals surface area contributed by atoms with Crippen LogP contribution in [0, 0.1) is 6.92 Å². The van der Waals surface area contributed by atoms with Gasteiger partial charge in [0.15, 0.2) is 0 Å². The average molecular weight is 243 g/mol. The highest BCUT2D eigenvalue weighted by molar-refractivity contribution is 5.33. The highest BCUT2D eigenvalue weighted by atomic mass is 15.3. The van der Waals surface area contributed by atoms with Gasteiger partial charge in [-0.2, -0.15) is 5.10 Å². The van der Waals surface area contributed by atoms with E-state index in [-0.39, 0.29) is 5.54 Å². The van der Waals surface area contributed by atoms with Gasteiger partial charge in [-0.25, -0.2) is 4.68 Å². The molecule has 0 unspecified atom stereocenters. The van der Waals surface area contributed by atoms with Crippen molar-refractivity contribution in [1.29, 1.82) is 0 Å². The summed E-state index contributed by atoms with van der Waals surface area (Å²) in [6, 6.07) is 10.4. The number of aryl methyl sites for hydroxylation is 1. The molecular formula is C15H21N3. The van der Waals surface area contributed by atoms with Crippen LogP contribution in [0.15, 0.2) is 36.5 Å². The first-order chi connectivity index (χ1) is 8.44. The Hall–Kier alpha value is -1.61. The van der Waals surface area contributed by atoms with E-state index in [0.29, 0.717) is 0 Å². The van der Waals surface area contributed by atoms with Crippen LogP contribution >= 0.6 is 0 Å². The van der Waals surface area contributed by atoms with E-state index >= 15 is 0 Å². The molecule has 0 atom stereocenters. The van der Waals surface area contributed by atoms with E-state index in [0.717, 1.165) is 17.9 Å². The van der Waals surface area contributed by atoms with Crippen molar-refractivity contribution in [2.24, 2.45) is 0 Å². The predicted molar refractivity (Wildman–Crippen MR) is 74.9 cm³/mol. The van der Waals surface area contributed by atoms with Crippen molar-refractivity contribution in [2.75, 3.05) is 0 Å². The van der Waals surface area contributed by atoms with Crippen molar-refractivity contribution in [3.63, 3.8) is 0 Å². The Morgan fingerprint density at radius 3 is 2.39 bits per heavy atom. The van der Waals surface area contributed by atoms with Crippen LogP contribution in [0.2, 0.25) is 0 Å². The molecule has 1 N–H and O–H groups in total. The van der Waals surface area contributed by atoms with Gasteiger partial charge < -0.3 is 5.32 Å². The van der Waals surface area contributed by atoms with Gasteiger partial charge in [0.2, 0.25) is 0 Å². The van der Waals surface area contributed by atoms with Crippen molar-refractivity contribution < 1.29 is 0 Å². The highest BCUT2D eigenvalue weighted by Crippen LogP contribution is 2.09. The van der Waals surface area contributed by atoms with Crippen LogP contribution < -0.4 is 5.32 Å². The summed E-state index contributed by atoms with van der Waals surface area (Å²) in [5, 5.41) is 8.00. The second kappa shape index (κ2) is 4.94. The Morgan fingerprint density at radius 1 is 1.11 bits per heavy atom. The lowest BCUT2D eigenvalue weighted by atomic mass is 10.1. The minimum Gasteiger partial charge on any atom is -0.306 e. The van der Waals surface area contributed by atoms with Gasteiger partial charge in [-0.3, -0.25) is 0 Å². The van der Waals surface area contributed by atoms with Crippen molar-refractivity contribution in [2.45, 2.75) is 39.8 Å². The van der Waals surface area contributed by atoms with Crippen molar-refractivity contribution >= 4 is 0 Å². The monoisotopic (exact) mass is 243 g/mol. The molecule has 3 nitrogen and oxygen atoms in total. The molecule has 0 saturated heterocycles. The number of hydrogen-bond acceptors (Lipinski definition) is 2. The maximum absolute atomic E-state index is 4.57. The lowest BCUT2D eigenvalue weighted by molar-refractivity contribution is 0.420. The van der Waals surface area contributed by atoms with E-state index in [1.807, 2.05) is 10.9 Å². The number of rotatable bonds is 3. The van der Waals surface area contributed by atoms with E-state index < -0.39 is 0 Å². The van der Waals surface area contributed by atoms with Crippen molar-refractivity contribution in [3.05, 3.63) is 47.8 Å². The fourth-order valence-corrected chi connectivity index (χ4v) is 1.65. The quantitative estimate of drug-likeness (QED) is 0.898. The number of nitrogens with one attached hydrogen (secondary N) is 1. The lowest BCUT2D eigenvalue weighted by Crippen LogP contribution is -2.35. The standard InChI is InChI=1S/C15H21N3/c1-12-5-7-14(8-6-12)18-10-9-13(17-18)11-16-15(2,3)4/h5-10,16H,11H2,1-4H3. The van der Waals surface area contributed by atoms with E-state index in [1.54, 1.807) is 0 Å². The maximum atomic E-state index is 4.57. The molecule has 3 heteroatoms. The molecule has 0 aliphatic rings. The first-order valence-electron chi connectivity index (χ1n) is 6.31. The minimum absolute atomic E-state index is 0.119. The summed E-state index contributed by atoms with van der Waals surface area (Å²) < 4.78 is 1.92. The van der Waals surface area contributed by atoms with Crippen LogP contribution in [0.1, 0.15) is 32.0 Å². The topological polar surface area (TPSA) is 29.9 Å². The second-order valence-electron chi connectivity index (χ2n) is 5.69. The van der Waals surface area contributed by atoms with E-state index in [2.05, 4.69) is 68.4 Å². The molecule has 0 amide bonds. The van der Waals surface area contributed by atoms with Crippen LogP contribution in [-0.2, 0) is 6.54 Å². The van der Waals surface area contributed by atoms with Crippen LogP contribution in [0.25, 0.3) is 5.69 Å². The minimum atomic E-state index is 0.119. The Morgan fingerprint density at radius 2 is 1.78 bits per heavy atom. The van der Waals surface area contributed by atoms with Gasteiger partial charge in [0.05, 0.1) is 11.4 Å². The maximum Gasteiger partial charge on any atom is 0.0767 e. The van der Waals surface area contributed by atoms with Crippen LogP contribution in [-0.4, -0.2) is 15.3 Å². The van der Waals surface area contributed by atoms with Gasteiger partial charge in [-0.05, 0) is 45.9 Å². The van der Waals surface area contributed by atoms with Gasteiger partial charge in [0, 0.05) is 18.3 Å². The zero-order chi connectivity index (χ0) is 13.2. The lowest BCUT2D eigenvalue weighted by Gasteiger charge is -2.19. The summed E-state index contributed by atoms with van der Waals surface area (Å²) in [4.78, 5) is 0. The van der Waals surface area contributed by atoms with Crippen LogP contribution in [0.4, 0.5) is 0 Å². The third kappa shape index (κ3) is 3.44. The van der Waals surface area contributed by atoms with Gasteiger partial charge >= 0.3 is 0 Å². The Bertz CT molecular complexity index is 503. The van der Waals surface area contributed by atoms with E-state index in [4.69, 9.17) is 0 Å². The molecule has 0 saturated carbocycles. The largest absolute Gasteiger partial charge is 0.306 e. The molecule has 1 heterocycles. The fourth-order valence-electron chi connectivity index (χ4n) is 1.65. The highest BCUT2D eigenvalue weighted by Gasteiger charge is 2.09. The first-order valence-corrected chi connectivity index (χ1v) is 6.31. The van der Waals surface area contributed by atoms with Gasteiger partial charge in [-0.15, -0.1) is 0 Å². The molecule has 18 heavy (non-hydrogen) atoms. The average Bonchev–Trinajstić information content (AvgIpc) is 2.75. The van der Waals surface area contributed by atoms with Crippen LogP contribution in [0.5, 0.6) is 0 Å². The Balaban J connectivity index is 2.08. The van der Waals surface area contributed by atoms with Crippen LogP contribution in [0.3, 0.4) is 0 Å². The summed E-state index contributed by atoms with van der Waals surface area (Å²) in [6.45, 7) is 9.35. The summed E-state index contributed by atoms with van der Waals surface area (Å²) in [5.74, 6) is 0. The normalized spacial score (nSPS) is 11.8. The smallest absolute Gasteiger partial charge is 0.0767 e. The zero-order valence-corrected chi connectivity index (χ0v) is 11.6. The van der Waals surface area contributed by atoms with Crippen molar-refractivity contribution in [1.82, 2.24) is 15.1 Å². The number of nitrogens with zero attached hydrogens (tertiary/aromatic N) is 2. The number of benzene rings is 1. The summed E-state index contributed by atoms with van der Waals surface area (Å²) >= 11 is 0. The molecule has 96 valence electrons. The third-order valence-electron chi connectivity index (χ3n) is 2.74. The number of aromatic nitrogens is 2. The molecule has 1 aromatic carbocycles. The second-order valence-corrected chi connectivity index (χ2v) is 5.69. The van der Waals surface area contributed by atoms with E-state index in [9.17, 15) is 0 Å². The van der Waals surface area contributed by atoms with Gasteiger partial charge in [0.1, 0.15) is 0 Å². The summed E-state index contributed by atoms with van der Waals surface area (Å²) in [7, 11) is 0. The molecular weight excluding hydrogens is 222 g/mol. The molecule has 0 aliphatic heterocycles. The molecule has 0 spiro atoms. The first kappa shape index (κ1) is 12.8. The zero-order valence-electron chi connectivity index (χ0n) is 11.6. The molecule has 2 rings (SSSR count). The third-order valence-corrected chi connectivity index (χ3v) is 2.74. The predicted octanol–water partition coefficient (Wildman–Crippen LogP) is 3.07.